The van der Waals surface area contributed by atoms with E-state index >= 15 is 0 Å². The fraction of sp³-hybridized carbons (Fsp3) is 0.0145. The molecule has 0 radical (unpaired) electrons. The van der Waals surface area contributed by atoms with Crippen molar-refractivity contribution in [2.45, 2.75) is 6.17 Å². The Morgan fingerprint density at radius 2 is 0.947 bits per heavy atom. The van der Waals surface area contributed by atoms with Crippen LogP contribution in [0.2, 0.25) is 0 Å². The number of hydrogen-bond acceptors (Lipinski definition) is 4. The molecule has 15 rings (SSSR count). The normalized spacial score (nSPS) is 13.7. The van der Waals surface area contributed by atoms with Crippen molar-refractivity contribution < 1.29 is 0 Å². The molecule has 0 bridgehead atoms. The van der Waals surface area contributed by atoms with Crippen LogP contribution in [0.3, 0.4) is 0 Å². The van der Waals surface area contributed by atoms with E-state index in [4.69, 9.17) is 9.98 Å². The summed E-state index contributed by atoms with van der Waals surface area (Å²) in [7, 11) is 0. The minimum atomic E-state index is -0.348. The molecule has 14 aromatic rings. The SMILES string of the molecule is c1ccc(C2=NC(c3ccccc3)NC(c3ccc(-c4ccccc4)cc3-n3c4ccccc4c4c(-c5cccc6c5c5ccc(-c7cccc8c7sc7ccccc78)cc5n6-c5ccccc5)cccc43)=N2)cc1. The largest absolute Gasteiger partial charge is 0.344 e. The van der Waals surface area contributed by atoms with Gasteiger partial charge in [-0.15, -0.1) is 11.3 Å². The summed E-state index contributed by atoms with van der Waals surface area (Å²) >= 11 is 1.88. The number of thiophene rings is 1. The molecule has 0 fully saturated rings. The van der Waals surface area contributed by atoms with Crippen molar-refractivity contribution in [2.75, 3.05) is 0 Å². The molecule has 0 aliphatic carbocycles. The molecule has 1 atom stereocenters. The van der Waals surface area contributed by atoms with E-state index in [1.54, 1.807) is 0 Å². The molecular weight excluding hydrogens is 931 g/mol. The van der Waals surface area contributed by atoms with E-state index in [2.05, 4.69) is 251 Å². The number of fused-ring (bicyclic) bond motifs is 9. The van der Waals surface area contributed by atoms with E-state index in [1.807, 2.05) is 35.6 Å². The zero-order chi connectivity index (χ0) is 49.4. The van der Waals surface area contributed by atoms with Gasteiger partial charge in [-0.25, -0.2) is 9.98 Å². The number of para-hydroxylation sites is 2. The standard InChI is InChI=1S/C69H45N5S/c1-5-20-44(21-6-1)47-38-41-57(69-71-67(45-22-7-2-8-23-45)70-68(72-69)46-24-9-3-10-25-46)62(42-47)74-58-34-15-13-29-55(58)64-52(32-19-36-60(64)74)53-31-18-35-59-65(53)56-40-39-48(43-61(56)73(59)49-26-11-4-12-27-49)50-30-17-33-54-51-28-14-16-37-63(51)75-66(50)54/h1-43,67H,(H,70,71,72). The first-order valence-electron chi connectivity index (χ1n) is 25.5. The monoisotopic (exact) mass is 975 g/mol. The predicted octanol–water partition coefficient (Wildman–Crippen LogP) is 17.7. The minimum absolute atomic E-state index is 0.348. The summed E-state index contributed by atoms with van der Waals surface area (Å²) in [6, 6.07) is 94.2. The van der Waals surface area contributed by atoms with Gasteiger partial charge in [0.2, 0.25) is 0 Å². The Morgan fingerprint density at radius 1 is 0.373 bits per heavy atom. The third-order valence-electron chi connectivity index (χ3n) is 15.0. The summed E-state index contributed by atoms with van der Waals surface area (Å²) in [4.78, 5) is 10.6. The highest BCUT2D eigenvalue weighted by atomic mass is 32.1. The van der Waals surface area contributed by atoms with Crippen molar-refractivity contribution in [2.24, 2.45) is 9.98 Å². The van der Waals surface area contributed by atoms with Gasteiger partial charge in [0.05, 0.1) is 27.8 Å². The fourth-order valence-corrected chi connectivity index (χ4v) is 12.9. The molecule has 75 heavy (non-hydrogen) atoms. The average molecular weight is 976 g/mol. The van der Waals surface area contributed by atoms with Crippen LogP contribution < -0.4 is 5.32 Å². The smallest absolute Gasteiger partial charge is 0.159 e. The van der Waals surface area contributed by atoms with E-state index < -0.39 is 0 Å². The van der Waals surface area contributed by atoms with Crippen molar-refractivity contribution in [1.29, 1.82) is 0 Å². The molecule has 1 aliphatic rings. The Labute approximate surface area is 437 Å². The molecule has 4 heterocycles. The lowest BCUT2D eigenvalue weighted by Crippen LogP contribution is -2.34. The highest BCUT2D eigenvalue weighted by Gasteiger charge is 2.27. The summed E-state index contributed by atoms with van der Waals surface area (Å²) in [6.45, 7) is 0. The van der Waals surface area contributed by atoms with Crippen molar-refractivity contribution >= 4 is 86.8 Å². The van der Waals surface area contributed by atoms with Crippen LogP contribution in [0, 0.1) is 0 Å². The first-order chi connectivity index (χ1) is 37.2. The topological polar surface area (TPSA) is 46.6 Å². The van der Waals surface area contributed by atoms with E-state index in [1.165, 1.54) is 69.5 Å². The lowest BCUT2D eigenvalue weighted by Gasteiger charge is -2.25. The Morgan fingerprint density at radius 3 is 1.71 bits per heavy atom. The molecule has 0 saturated carbocycles. The van der Waals surface area contributed by atoms with Gasteiger partial charge < -0.3 is 14.5 Å². The Balaban J connectivity index is 0.970. The lowest BCUT2D eigenvalue weighted by molar-refractivity contribution is 0.674. The second kappa shape index (κ2) is 17.6. The van der Waals surface area contributed by atoms with Crippen LogP contribution in [0.5, 0.6) is 0 Å². The van der Waals surface area contributed by atoms with Gasteiger partial charge in [0.1, 0.15) is 12.0 Å². The van der Waals surface area contributed by atoms with Crippen molar-refractivity contribution in [3.63, 3.8) is 0 Å². The molecule has 1 unspecified atom stereocenters. The number of benzene rings is 11. The van der Waals surface area contributed by atoms with Crippen molar-refractivity contribution in [1.82, 2.24) is 14.5 Å². The van der Waals surface area contributed by atoms with E-state index in [9.17, 15) is 0 Å². The molecule has 0 amide bonds. The number of rotatable bonds is 8. The summed E-state index contributed by atoms with van der Waals surface area (Å²) in [5.41, 5.74) is 16.8. The number of amidine groups is 2. The number of nitrogens with zero attached hydrogens (tertiary/aromatic N) is 4. The molecular formula is C69H45N5S. The van der Waals surface area contributed by atoms with Crippen molar-refractivity contribution in [3.05, 3.63) is 278 Å². The first kappa shape index (κ1) is 43.0. The molecule has 6 heteroatoms. The third kappa shape index (κ3) is 7.06. The quantitative estimate of drug-likeness (QED) is 0.162. The molecule has 3 aromatic heterocycles. The fourth-order valence-electron chi connectivity index (χ4n) is 11.6. The van der Waals surface area contributed by atoms with E-state index in [-0.39, 0.29) is 6.17 Å². The lowest BCUT2D eigenvalue weighted by atomic mass is 9.94. The second-order valence-corrected chi connectivity index (χ2v) is 20.3. The predicted molar refractivity (Wildman–Crippen MR) is 316 cm³/mol. The van der Waals surface area contributed by atoms with Crippen LogP contribution in [0.25, 0.3) is 109 Å². The molecule has 1 aliphatic heterocycles. The van der Waals surface area contributed by atoms with Gasteiger partial charge in [0.25, 0.3) is 0 Å². The maximum atomic E-state index is 5.38. The van der Waals surface area contributed by atoms with Gasteiger partial charge >= 0.3 is 0 Å². The van der Waals surface area contributed by atoms with Gasteiger partial charge in [0.15, 0.2) is 5.84 Å². The third-order valence-corrected chi connectivity index (χ3v) is 16.2. The number of aromatic nitrogens is 2. The number of hydrogen-bond donors (Lipinski definition) is 1. The second-order valence-electron chi connectivity index (χ2n) is 19.3. The highest BCUT2D eigenvalue weighted by molar-refractivity contribution is 7.26. The van der Waals surface area contributed by atoms with Gasteiger partial charge in [-0.05, 0) is 93.5 Å². The van der Waals surface area contributed by atoms with Crippen LogP contribution in [0.15, 0.2) is 271 Å². The van der Waals surface area contributed by atoms with Crippen molar-refractivity contribution in [3.8, 4) is 44.8 Å². The maximum Gasteiger partial charge on any atom is 0.159 e. The van der Waals surface area contributed by atoms with Gasteiger partial charge in [-0.3, -0.25) is 0 Å². The van der Waals surface area contributed by atoms with Crippen LogP contribution in [-0.4, -0.2) is 20.8 Å². The zero-order valence-corrected chi connectivity index (χ0v) is 41.4. The Kier molecular flexibility index (Phi) is 10.1. The number of aliphatic imine (C=N–C) groups is 2. The van der Waals surface area contributed by atoms with E-state index in [0.29, 0.717) is 5.84 Å². The molecule has 5 nitrogen and oxygen atoms in total. The first-order valence-corrected chi connectivity index (χ1v) is 26.3. The van der Waals surface area contributed by atoms with Crippen LogP contribution in [0.1, 0.15) is 22.9 Å². The summed E-state index contributed by atoms with van der Waals surface area (Å²) < 4.78 is 7.54. The maximum absolute atomic E-state index is 5.38. The molecule has 0 spiro atoms. The molecule has 11 aromatic carbocycles. The average Bonchev–Trinajstić information content (AvgIpc) is 4.17. The van der Waals surface area contributed by atoms with Gasteiger partial charge in [0, 0.05) is 58.5 Å². The number of nitrogens with one attached hydrogen (secondary N) is 1. The van der Waals surface area contributed by atoms with Gasteiger partial charge in [-0.1, -0.05) is 206 Å². The zero-order valence-electron chi connectivity index (χ0n) is 40.6. The van der Waals surface area contributed by atoms with Crippen LogP contribution >= 0.6 is 11.3 Å². The van der Waals surface area contributed by atoms with Gasteiger partial charge in [-0.2, -0.15) is 0 Å². The molecule has 352 valence electrons. The van der Waals surface area contributed by atoms with Crippen LogP contribution in [-0.2, 0) is 0 Å². The van der Waals surface area contributed by atoms with E-state index in [0.717, 1.165) is 61.6 Å². The summed E-state index contributed by atoms with van der Waals surface area (Å²) in [5, 5.41) is 11.2. The molecule has 0 saturated heterocycles. The minimum Gasteiger partial charge on any atom is -0.344 e. The Hall–Kier alpha value is -9.62. The summed E-state index contributed by atoms with van der Waals surface area (Å²) in [5.74, 6) is 1.45. The molecule has 1 N–H and O–H groups in total. The van der Waals surface area contributed by atoms with Crippen LogP contribution in [0.4, 0.5) is 0 Å². The summed E-state index contributed by atoms with van der Waals surface area (Å²) in [6.07, 6.45) is -0.348. The highest BCUT2D eigenvalue weighted by Crippen LogP contribution is 2.47. The Bertz CT molecular complexity index is 4600.